The first-order chi connectivity index (χ1) is 15.3. The highest BCUT2D eigenvalue weighted by atomic mass is 16.5. The summed E-state index contributed by atoms with van der Waals surface area (Å²) in [6.07, 6.45) is 5.17. The second-order valence-corrected chi connectivity index (χ2v) is 8.66. The van der Waals surface area contributed by atoms with Gasteiger partial charge >= 0.3 is 0 Å². The van der Waals surface area contributed by atoms with Gasteiger partial charge in [0, 0.05) is 30.7 Å². The molecule has 164 valence electrons. The number of aromatic nitrogens is 5. The van der Waals surface area contributed by atoms with Crippen LogP contribution >= 0.6 is 0 Å². The molecule has 0 radical (unpaired) electrons. The SMILES string of the molecule is CC(C)CNc1ccc(-c2nc(C(C)(C)c3ccc(-c4cnc(N)nc4)cc3)no2)cn1. The maximum absolute atomic E-state index is 5.57. The van der Waals surface area contributed by atoms with Crippen molar-refractivity contribution in [2.24, 2.45) is 5.92 Å². The maximum Gasteiger partial charge on any atom is 0.259 e. The number of nitrogen functional groups attached to an aromatic ring is 1. The molecule has 0 aliphatic carbocycles. The summed E-state index contributed by atoms with van der Waals surface area (Å²) in [6.45, 7) is 9.32. The average molecular weight is 430 g/mol. The summed E-state index contributed by atoms with van der Waals surface area (Å²) in [6, 6.07) is 12.0. The topological polar surface area (TPSA) is 116 Å². The third-order valence-corrected chi connectivity index (χ3v) is 5.30. The number of pyridine rings is 1. The molecule has 0 amide bonds. The van der Waals surface area contributed by atoms with E-state index in [0.29, 0.717) is 17.6 Å². The lowest BCUT2D eigenvalue weighted by Crippen LogP contribution is -2.20. The van der Waals surface area contributed by atoms with Crippen LogP contribution in [-0.2, 0) is 5.41 Å². The van der Waals surface area contributed by atoms with Crippen LogP contribution in [0.15, 0.2) is 59.5 Å². The zero-order valence-corrected chi connectivity index (χ0v) is 18.7. The number of anilines is 2. The van der Waals surface area contributed by atoms with Crippen LogP contribution < -0.4 is 11.1 Å². The van der Waals surface area contributed by atoms with Crippen LogP contribution in [0.3, 0.4) is 0 Å². The number of hydrogen-bond donors (Lipinski definition) is 2. The van der Waals surface area contributed by atoms with Crippen molar-refractivity contribution in [2.45, 2.75) is 33.1 Å². The fourth-order valence-corrected chi connectivity index (χ4v) is 3.22. The molecule has 3 aromatic heterocycles. The van der Waals surface area contributed by atoms with E-state index >= 15 is 0 Å². The van der Waals surface area contributed by atoms with Crippen molar-refractivity contribution >= 4 is 11.8 Å². The van der Waals surface area contributed by atoms with Gasteiger partial charge < -0.3 is 15.6 Å². The number of nitrogens with zero attached hydrogens (tertiary/aromatic N) is 5. The normalized spacial score (nSPS) is 11.7. The molecular formula is C24H27N7O. The summed E-state index contributed by atoms with van der Waals surface area (Å²) < 4.78 is 5.55. The number of nitrogens with one attached hydrogen (secondary N) is 1. The van der Waals surface area contributed by atoms with E-state index < -0.39 is 5.41 Å². The summed E-state index contributed by atoms with van der Waals surface area (Å²) in [5, 5.41) is 7.55. The number of rotatable bonds is 7. The third-order valence-electron chi connectivity index (χ3n) is 5.30. The van der Waals surface area contributed by atoms with E-state index in [0.717, 1.165) is 34.6 Å². The van der Waals surface area contributed by atoms with Crippen LogP contribution in [0.25, 0.3) is 22.6 Å². The first-order valence-corrected chi connectivity index (χ1v) is 10.6. The van der Waals surface area contributed by atoms with E-state index in [1.54, 1.807) is 18.6 Å². The summed E-state index contributed by atoms with van der Waals surface area (Å²) >= 11 is 0. The molecule has 0 fully saturated rings. The van der Waals surface area contributed by atoms with Crippen molar-refractivity contribution in [3.63, 3.8) is 0 Å². The summed E-state index contributed by atoms with van der Waals surface area (Å²) in [7, 11) is 0. The molecule has 8 nitrogen and oxygen atoms in total. The minimum absolute atomic E-state index is 0.260. The van der Waals surface area contributed by atoms with Gasteiger partial charge in [-0.2, -0.15) is 4.98 Å². The number of benzene rings is 1. The van der Waals surface area contributed by atoms with Crippen molar-refractivity contribution in [1.29, 1.82) is 0 Å². The van der Waals surface area contributed by atoms with Gasteiger partial charge in [0.2, 0.25) is 5.95 Å². The second-order valence-electron chi connectivity index (χ2n) is 8.66. The van der Waals surface area contributed by atoms with E-state index in [2.05, 4.69) is 70.2 Å². The van der Waals surface area contributed by atoms with Gasteiger partial charge in [0.15, 0.2) is 5.82 Å². The van der Waals surface area contributed by atoms with Crippen molar-refractivity contribution in [3.05, 3.63) is 66.4 Å². The standard InChI is InChI=1S/C24H27N7O/c1-15(2)11-26-20-10-7-17(12-27-20)21-30-22(31-32-21)24(3,4)19-8-5-16(6-9-19)18-13-28-23(25)29-14-18/h5-10,12-15H,11H2,1-4H3,(H,26,27)(H2,25,28,29). The molecule has 8 heteroatoms. The molecule has 3 N–H and O–H groups in total. The van der Waals surface area contributed by atoms with Crippen LogP contribution in [0.4, 0.5) is 11.8 Å². The Labute approximate surface area is 187 Å². The Hall–Kier alpha value is -3.81. The summed E-state index contributed by atoms with van der Waals surface area (Å²) in [5.74, 6) is 2.70. The maximum atomic E-state index is 5.57. The van der Waals surface area contributed by atoms with Crippen molar-refractivity contribution in [3.8, 4) is 22.6 Å². The van der Waals surface area contributed by atoms with Crippen LogP contribution in [0.2, 0.25) is 0 Å². The molecule has 0 aliphatic rings. The average Bonchev–Trinajstić information content (AvgIpc) is 3.30. The van der Waals surface area contributed by atoms with E-state index in [1.165, 1.54) is 0 Å². The molecule has 32 heavy (non-hydrogen) atoms. The number of hydrogen-bond acceptors (Lipinski definition) is 8. The monoisotopic (exact) mass is 429 g/mol. The Kier molecular flexibility index (Phi) is 5.85. The van der Waals surface area contributed by atoms with E-state index in [4.69, 9.17) is 10.3 Å². The van der Waals surface area contributed by atoms with Gasteiger partial charge in [-0.05, 0) is 43.0 Å². The lowest BCUT2D eigenvalue weighted by molar-refractivity contribution is 0.408. The Morgan fingerprint density at radius 2 is 1.56 bits per heavy atom. The van der Waals surface area contributed by atoms with Crippen molar-refractivity contribution in [2.75, 3.05) is 17.6 Å². The molecule has 4 aromatic rings. The van der Waals surface area contributed by atoms with Gasteiger partial charge in [-0.25, -0.2) is 15.0 Å². The Bertz CT molecular complexity index is 1160. The van der Waals surface area contributed by atoms with Gasteiger partial charge in [-0.3, -0.25) is 0 Å². The van der Waals surface area contributed by atoms with Crippen LogP contribution in [0.5, 0.6) is 0 Å². The minimum Gasteiger partial charge on any atom is -0.370 e. The molecule has 3 heterocycles. The van der Waals surface area contributed by atoms with Gasteiger partial charge in [-0.1, -0.05) is 43.3 Å². The molecule has 4 rings (SSSR count). The van der Waals surface area contributed by atoms with Crippen LogP contribution in [0.1, 0.15) is 39.1 Å². The lowest BCUT2D eigenvalue weighted by atomic mass is 9.83. The fraction of sp³-hybridized carbons (Fsp3) is 0.292. The molecule has 0 aliphatic heterocycles. The predicted molar refractivity (Wildman–Crippen MR) is 125 cm³/mol. The second kappa shape index (κ2) is 8.74. The molecule has 0 unspecified atom stereocenters. The fourth-order valence-electron chi connectivity index (χ4n) is 3.22. The summed E-state index contributed by atoms with van der Waals surface area (Å²) in [5.41, 5.74) is 8.90. The molecule has 0 spiro atoms. The minimum atomic E-state index is -0.440. The molecule has 0 saturated heterocycles. The molecule has 0 saturated carbocycles. The van der Waals surface area contributed by atoms with Crippen molar-refractivity contribution in [1.82, 2.24) is 25.1 Å². The predicted octanol–water partition coefficient (Wildman–Crippen LogP) is 4.56. The Balaban J connectivity index is 1.52. The van der Waals surface area contributed by atoms with E-state index in [9.17, 15) is 0 Å². The van der Waals surface area contributed by atoms with Gasteiger partial charge in [0.1, 0.15) is 5.82 Å². The molecule has 1 aromatic carbocycles. The van der Waals surface area contributed by atoms with Crippen LogP contribution in [0, 0.1) is 5.92 Å². The highest BCUT2D eigenvalue weighted by molar-refractivity contribution is 5.62. The first-order valence-electron chi connectivity index (χ1n) is 10.6. The highest BCUT2D eigenvalue weighted by Crippen LogP contribution is 2.32. The van der Waals surface area contributed by atoms with Gasteiger partial charge in [-0.15, -0.1) is 0 Å². The zero-order chi connectivity index (χ0) is 22.7. The quantitative estimate of drug-likeness (QED) is 0.439. The Morgan fingerprint density at radius 3 is 2.19 bits per heavy atom. The first kappa shape index (κ1) is 21.4. The largest absolute Gasteiger partial charge is 0.370 e. The molecule has 0 bridgehead atoms. The zero-order valence-electron chi connectivity index (χ0n) is 18.7. The third kappa shape index (κ3) is 4.59. The van der Waals surface area contributed by atoms with E-state index in [1.807, 2.05) is 24.3 Å². The van der Waals surface area contributed by atoms with Crippen LogP contribution in [-0.4, -0.2) is 31.6 Å². The van der Waals surface area contributed by atoms with E-state index in [-0.39, 0.29) is 5.95 Å². The highest BCUT2D eigenvalue weighted by Gasteiger charge is 2.29. The lowest BCUT2D eigenvalue weighted by Gasteiger charge is -2.21. The van der Waals surface area contributed by atoms with Gasteiger partial charge in [0.25, 0.3) is 5.89 Å². The molecule has 0 atom stereocenters. The smallest absolute Gasteiger partial charge is 0.259 e. The number of nitrogens with two attached hydrogens (primary N) is 1. The van der Waals surface area contributed by atoms with Crippen molar-refractivity contribution < 1.29 is 4.52 Å². The summed E-state index contributed by atoms with van der Waals surface area (Å²) in [4.78, 5) is 17.2. The Morgan fingerprint density at radius 1 is 0.906 bits per heavy atom. The van der Waals surface area contributed by atoms with Gasteiger partial charge in [0.05, 0.1) is 11.0 Å². The molecular weight excluding hydrogens is 402 g/mol.